The standard InChI is InChI=1S/C16H21NO5/c1-9(2)21-12-5-4-11(8-10(12)3)17-15(18)13-6-7-14(22-13)16(19)20/h4-5,8-9,13-14H,6-7H2,1-3H3,(H,17,18)(H,19,20)/t13-,14+/m0/s1. The molecular formula is C16H21NO5. The molecule has 1 aliphatic rings. The van der Waals surface area contributed by atoms with Gasteiger partial charge in [0.05, 0.1) is 6.10 Å². The van der Waals surface area contributed by atoms with Crippen LogP contribution in [0.15, 0.2) is 18.2 Å². The molecule has 1 saturated heterocycles. The first-order chi connectivity index (χ1) is 10.4. The van der Waals surface area contributed by atoms with E-state index in [4.69, 9.17) is 14.6 Å². The summed E-state index contributed by atoms with van der Waals surface area (Å²) < 4.78 is 10.9. The average molecular weight is 307 g/mol. The molecule has 22 heavy (non-hydrogen) atoms. The smallest absolute Gasteiger partial charge is 0.332 e. The van der Waals surface area contributed by atoms with Crippen LogP contribution in [0.3, 0.4) is 0 Å². The Hall–Kier alpha value is -2.08. The zero-order valence-electron chi connectivity index (χ0n) is 13.0. The van der Waals surface area contributed by atoms with Crippen LogP contribution in [0.4, 0.5) is 5.69 Å². The quantitative estimate of drug-likeness (QED) is 0.872. The summed E-state index contributed by atoms with van der Waals surface area (Å²) in [5.74, 6) is -0.571. The number of amides is 1. The predicted octanol–water partition coefficient (Wildman–Crippen LogP) is 2.35. The highest BCUT2D eigenvalue weighted by molar-refractivity contribution is 5.94. The Bertz CT molecular complexity index is 570. The van der Waals surface area contributed by atoms with Gasteiger partial charge in [0, 0.05) is 5.69 Å². The van der Waals surface area contributed by atoms with Gasteiger partial charge < -0.3 is 19.9 Å². The number of aliphatic carboxylic acids is 1. The summed E-state index contributed by atoms with van der Waals surface area (Å²) in [6.45, 7) is 5.80. The van der Waals surface area contributed by atoms with E-state index in [1.807, 2.05) is 26.8 Å². The Kier molecular flexibility index (Phi) is 5.03. The van der Waals surface area contributed by atoms with Crippen LogP contribution in [0.1, 0.15) is 32.3 Å². The maximum Gasteiger partial charge on any atom is 0.332 e. The van der Waals surface area contributed by atoms with Crippen LogP contribution >= 0.6 is 0 Å². The van der Waals surface area contributed by atoms with Crippen molar-refractivity contribution in [3.8, 4) is 5.75 Å². The van der Waals surface area contributed by atoms with Gasteiger partial charge in [-0.25, -0.2) is 4.79 Å². The topological polar surface area (TPSA) is 84.9 Å². The van der Waals surface area contributed by atoms with E-state index in [2.05, 4.69) is 5.32 Å². The van der Waals surface area contributed by atoms with Gasteiger partial charge in [-0.05, 0) is 57.4 Å². The normalized spacial score (nSPS) is 20.9. The van der Waals surface area contributed by atoms with Crippen LogP contribution in [0.2, 0.25) is 0 Å². The maximum atomic E-state index is 12.1. The molecule has 1 aromatic carbocycles. The molecular weight excluding hydrogens is 286 g/mol. The second kappa shape index (κ2) is 6.79. The molecule has 6 nitrogen and oxygen atoms in total. The van der Waals surface area contributed by atoms with E-state index in [9.17, 15) is 9.59 Å². The number of rotatable bonds is 5. The zero-order valence-corrected chi connectivity index (χ0v) is 13.0. The Labute approximate surface area is 129 Å². The van der Waals surface area contributed by atoms with Crippen molar-refractivity contribution in [3.05, 3.63) is 23.8 Å². The fourth-order valence-corrected chi connectivity index (χ4v) is 2.35. The van der Waals surface area contributed by atoms with Gasteiger partial charge >= 0.3 is 5.97 Å². The molecule has 0 saturated carbocycles. The van der Waals surface area contributed by atoms with Gasteiger partial charge in [0.2, 0.25) is 0 Å². The van der Waals surface area contributed by atoms with Crippen LogP contribution in [0, 0.1) is 6.92 Å². The lowest BCUT2D eigenvalue weighted by Crippen LogP contribution is -2.29. The van der Waals surface area contributed by atoms with Gasteiger partial charge in [-0.2, -0.15) is 0 Å². The molecule has 2 N–H and O–H groups in total. The molecule has 0 spiro atoms. The van der Waals surface area contributed by atoms with Crippen LogP contribution in [-0.4, -0.2) is 35.3 Å². The number of anilines is 1. The molecule has 0 bridgehead atoms. The molecule has 1 fully saturated rings. The monoisotopic (exact) mass is 307 g/mol. The van der Waals surface area contributed by atoms with Crippen molar-refractivity contribution in [3.63, 3.8) is 0 Å². The molecule has 0 aromatic heterocycles. The summed E-state index contributed by atoms with van der Waals surface area (Å²) in [6.07, 6.45) is -0.754. The van der Waals surface area contributed by atoms with Crippen LogP contribution < -0.4 is 10.1 Å². The van der Waals surface area contributed by atoms with Crippen molar-refractivity contribution in [2.75, 3.05) is 5.32 Å². The lowest BCUT2D eigenvalue weighted by Gasteiger charge is -2.15. The number of nitrogens with one attached hydrogen (secondary N) is 1. The number of carboxylic acids is 1. The van der Waals surface area contributed by atoms with Crippen molar-refractivity contribution in [1.29, 1.82) is 0 Å². The largest absolute Gasteiger partial charge is 0.491 e. The lowest BCUT2D eigenvalue weighted by atomic mass is 10.1. The molecule has 2 atom stereocenters. The molecule has 0 aliphatic carbocycles. The summed E-state index contributed by atoms with van der Waals surface area (Å²) in [5, 5.41) is 11.6. The second-order valence-electron chi connectivity index (χ2n) is 5.67. The molecule has 6 heteroatoms. The third kappa shape index (κ3) is 3.98. The minimum atomic E-state index is -1.03. The van der Waals surface area contributed by atoms with Gasteiger partial charge in [-0.3, -0.25) is 4.79 Å². The highest BCUT2D eigenvalue weighted by Crippen LogP contribution is 2.25. The van der Waals surface area contributed by atoms with Gasteiger partial charge in [-0.1, -0.05) is 0 Å². The average Bonchev–Trinajstić information content (AvgIpc) is 2.91. The Morgan fingerprint density at radius 3 is 2.55 bits per heavy atom. The second-order valence-corrected chi connectivity index (χ2v) is 5.67. The van der Waals surface area contributed by atoms with Gasteiger partial charge in [0.25, 0.3) is 5.91 Å². The van der Waals surface area contributed by atoms with Crippen molar-refractivity contribution in [1.82, 2.24) is 0 Å². The summed E-state index contributed by atoms with van der Waals surface area (Å²) in [5.41, 5.74) is 1.56. The maximum absolute atomic E-state index is 12.1. The molecule has 0 unspecified atom stereocenters. The first kappa shape index (κ1) is 16.3. The fourth-order valence-electron chi connectivity index (χ4n) is 2.35. The third-order valence-electron chi connectivity index (χ3n) is 3.39. The number of benzene rings is 1. The molecule has 0 radical (unpaired) electrons. The van der Waals surface area contributed by atoms with Crippen LogP contribution in [-0.2, 0) is 14.3 Å². The first-order valence-corrected chi connectivity index (χ1v) is 7.33. The van der Waals surface area contributed by atoms with Gasteiger partial charge in [0.1, 0.15) is 11.9 Å². The van der Waals surface area contributed by atoms with Crippen molar-refractivity contribution >= 4 is 17.6 Å². The van der Waals surface area contributed by atoms with Crippen LogP contribution in [0.5, 0.6) is 5.75 Å². The Morgan fingerprint density at radius 2 is 2.00 bits per heavy atom. The summed E-state index contributed by atoms with van der Waals surface area (Å²) in [6, 6.07) is 5.38. The summed E-state index contributed by atoms with van der Waals surface area (Å²) in [7, 11) is 0. The highest BCUT2D eigenvalue weighted by atomic mass is 16.5. The third-order valence-corrected chi connectivity index (χ3v) is 3.39. The fraction of sp³-hybridized carbons (Fsp3) is 0.500. The molecule has 1 aliphatic heterocycles. The lowest BCUT2D eigenvalue weighted by molar-refractivity contribution is -0.150. The SMILES string of the molecule is Cc1cc(NC(=O)[C@@H]2CC[C@H](C(=O)O)O2)ccc1OC(C)C. The zero-order chi connectivity index (χ0) is 16.3. The number of carbonyl (C=O) groups is 2. The minimum absolute atomic E-state index is 0.0824. The predicted molar refractivity (Wildman–Crippen MR) is 81.1 cm³/mol. The number of carboxylic acid groups (broad SMARTS) is 1. The van der Waals surface area contributed by atoms with Gasteiger partial charge in [-0.15, -0.1) is 0 Å². The Morgan fingerprint density at radius 1 is 1.32 bits per heavy atom. The van der Waals surface area contributed by atoms with E-state index >= 15 is 0 Å². The number of hydrogen-bond acceptors (Lipinski definition) is 4. The van der Waals surface area contributed by atoms with E-state index in [0.717, 1.165) is 11.3 Å². The van der Waals surface area contributed by atoms with E-state index < -0.39 is 18.2 Å². The number of hydrogen-bond donors (Lipinski definition) is 2. The first-order valence-electron chi connectivity index (χ1n) is 7.33. The molecule has 2 rings (SSSR count). The summed E-state index contributed by atoms with van der Waals surface area (Å²) in [4.78, 5) is 22.9. The molecule has 1 heterocycles. The molecule has 1 amide bonds. The van der Waals surface area contributed by atoms with E-state index in [1.54, 1.807) is 12.1 Å². The van der Waals surface area contributed by atoms with Crippen molar-refractivity contribution in [2.24, 2.45) is 0 Å². The highest BCUT2D eigenvalue weighted by Gasteiger charge is 2.34. The summed E-state index contributed by atoms with van der Waals surface area (Å²) >= 11 is 0. The van der Waals surface area contributed by atoms with Crippen molar-refractivity contribution in [2.45, 2.75) is 51.9 Å². The van der Waals surface area contributed by atoms with E-state index in [0.29, 0.717) is 18.5 Å². The van der Waals surface area contributed by atoms with E-state index in [1.165, 1.54) is 0 Å². The van der Waals surface area contributed by atoms with Crippen molar-refractivity contribution < 1.29 is 24.2 Å². The number of ether oxygens (including phenoxy) is 2. The van der Waals surface area contributed by atoms with E-state index in [-0.39, 0.29) is 12.0 Å². The van der Waals surface area contributed by atoms with Crippen LogP contribution in [0.25, 0.3) is 0 Å². The molecule has 120 valence electrons. The molecule has 1 aromatic rings. The number of aryl methyl sites for hydroxylation is 1. The van der Waals surface area contributed by atoms with Gasteiger partial charge in [0.15, 0.2) is 6.10 Å². The Balaban J connectivity index is 1.97. The number of carbonyl (C=O) groups excluding carboxylic acids is 1. The minimum Gasteiger partial charge on any atom is -0.491 e.